The van der Waals surface area contributed by atoms with Crippen molar-refractivity contribution >= 4 is 33.6 Å². The van der Waals surface area contributed by atoms with Gasteiger partial charge in [0.05, 0.1) is 0 Å². The molecule has 0 saturated carbocycles. The summed E-state index contributed by atoms with van der Waals surface area (Å²) in [6.45, 7) is 0. The van der Waals surface area contributed by atoms with Crippen LogP contribution in [0.1, 0.15) is 21.0 Å². The van der Waals surface area contributed by atoms with Crippen LogP contribution in [0.15, 0.2) is 29.1 Å². The van der Waals surface area contributed by atoms with Gasteiger partial charge in [0.25, 0.3) is 5.91 Å². The number of amides is 1. The van der Waals surface area contributed by atoms with E-state index in [1.54, 1.807) is 12.3 Å². The highest BCUT2D eigenvalue weighted by molar-refractivity contribution is 9.10. The number of nitrogens with zero attached hydrogens (tertiary/aromatic N) is 2. The van der Waals surface area contributed by atoms with E-state index in [0.717, 1.165) is 0 Å². The number of nitrogens with one attached hydrogen (secondary N) is 2. The van der Waals surface area contributed by atoms with Crippen molar-refractivity contribution in [3.8, 4) is 0 Å². The lowest BCUT2D eigenvalue weighted by Gasteiger charge is -2.04. The van der Waals surface area contributed by atoms with E-state index >= 15 is 0 Å². The van der Waals surface area contributed by atoms with E-state index in [4.69, 9.17) is 5.11 Å². The van der Waals surface area contributed by atoms with Crippen molar-refractivity contribution in [2.24, 2.45) is 0 Å². The third-order valence-corrected chi connectivity index (χ3v) is 2.48. The zero-order valence-corrected chi connectivity index (χ0v) is 10.4. The highest BCUT2D eigenvalue weighted by atomic mass is 79.9. The van der Waals surface area contributed by atoms with Crippen LogP contribution in [-0.4, -0.2) is 31.9 Å². The normalized spacial score (nSPS) is 10.1. The van der Waals surface area contributed by atoms with Crippen LogP contribution in [0.5, 0.6) is 0 Å². The Bertz CT molecular complexity index is 611. The van der Waals surface area contributed by atoms with Crippen molar-refractivity contribution in [2.75, 3.05) is 5.32 Å². The minimum Gasteiger partial charge on any atom is -0.476 e. The SMILES string of the molecule is O=C(Nc1nccnc1C(=O)O)c1cc(Br)c[nH]1. The van der Waals surface area contributed by atoms with Crippen molar-refractivity contribution in [1.29, 1.82) is 0 Å². The van der Waals surface area contributed by atoms with E-state index in [1.165, 1.54) is 12.4 Å². The Labute approximate surface area is 109 Å². The summed E-state index contributed by atoms with van der Waals surface area (Å²) in [5.74, 6) is -1.85. The number of H-pyrrole nitrogens is 1. The van der Waals surface area contributed by atoms with Gasteiger partial charge in [-0.05, 0) is 22.0 Å². The maximum absolute atomic E-state index is 11.8. The van der Waals surface area contributed by atoms with E-state index < -0.39 is 11.9 Å². The van der Waals surface area contributed by atoms with Crippen LogP contribution in [-0.2, 0) is 0 Å². The molecule has 0 saturated heterocycles. The van der Waals surface area contributed by atoms with E-state index in [1.807, 2.05) is 0 Å². The molecule has 2 aromatic rings. The molecule has 0 radical (unpaired) electrons. The lowest BCUT2D eigenvalue weighted by Crippen LogP contribution is -2.17. The summed E-state index contributed by atoms with van der Waals surface area (Å²) in [5, 5.41) is 11.3. The van der Waals surface area contributed by atoms with Gasteiger partial charge in [-0.2, -0.15) is 0 Å². The Morgan fingerprint density at radius 2 is 2.06 bits per heavy atom. The molecule has 92 valence electrons. The quantitative estimate of drug-likeness (QED) is 0.796. The van der Waals surface area contributed by atoms with Gasteiger partial charge in [0.2, 0.25) is 0 Å². The fraction of sp³-hybridized carbons (Fsp3) is 0. The summed E-state index contributed by atoms with van der Waals surface area (Å²) in [5.41, 5.74) is -0.0275. The van der Waals surface area contributed by atoms with E-state index in [9.17, 15) is 9.59 Å². The average Bonchev–Trinajstić information content (AvgIpc) is 2.76. The minimum absolute atomic E-state index is 0.0966. The second-order valence-corrected chi connectivity index (χ2v) is 4.16. The molecule has 3 N–H and O–H groups in total. The van der Waals surface area contributed by atoms with Gasteiger partial charge in [0.15, 0.2) is 11.5 Å². The Hall–Kier alpha value is -2.22. The fourth-order valence-corrected chi connectivity index (χ4v) is 1.60. The predicted molar refractivity (Wildman–Crippen MR) is 65.4 cm³/mol. The number of aromatic amines is 1. The molecular weight excluding hydrogens is 304 g/mol. The zero-order chi connectivity index (χ0) is 13.1. The van der Waals surface area contributed by atoms with Gasteiger partial charge in [-0.15, -0.1) is 0 Å². The van der Waals surface area contributed by atoms with Crippen LogP contribution in [0.4, 0.5) is 5.82 Å². The number of rotatable bonds is 3. The summed E-state index contributed by atoms with van der Waals surface area (Å²) in [7, 11) is 0. The molecule has 0 aliphatic heterocycles. The number of hydrogen-bond acceptors (Lipinski definition) is 4. The number of aromatic carboxylic acids is 1. The monoisotopic (exact) mass is 310 g/mol. The molecule has 0 bridgehead atoms. The molecule has 0 aliphatic carbocycles. The van der Waals surface area contributed by atoms with Gasteiger partial charge in [-0.25, -0.2) is 14.8 Å². The first-order chi connectivity index (χ1) is 8.58. The topological polar surface area (TPSA) is 108 Å². The van der Waals surface area contributed by atoms with E-state index in [2.05, 4.69) is 36.2 Å². The van der Waals surface area contributed by atoms with Crippen LogP contribution < -0.4 is 5.32 Å². The number of halogens is 1. The third-order valence-electron chi connectivity index (χ3n) is 2.03. The van der Waals surface area contributed by atoms with Gasteiger partial charge >= 0.3 is 5.97 Å². The van der Waals surface area contributed by atoms with Crippen molar-refractivity contribution in [3.63, 3.8) is 0 Å². The van der Waals surface area contributed by atoms with Crippen molar-refractivity contribution in [3.05, 3.63) is 40.5 Å². The molecule has 2 aromatic heterocycles. The number of carbonyl (C=O) groups excluding carboxylic acids is 1. The standard InChI is InChI=1S/C10H7BrN4O3/c11-5-3-6(14-4-5)9(16)15-8-7(10(17)18)12-1-2-13-8/h1-4,14H,(H,17,18)(H,13,15,16). The predicted octanol–water partition coefficient (Wildman–Crippen LogP) is 1.52. The molecule has 2 rings (SSSR count). The molecular formula is C10H7BrN4O3. The summed E-state index contributed by atoms with van der Waals surface area (Å²) >= 11 is 3.19. The van der Waals surface area contributed by atoms with Gasteiger partial charge in [0.1, 0.15) is 5.69 Å². The number of carboxylic acids is 1. The molecule has 7 nitrogen and oxygen atoms in total. The minimum atomic E-state index is -1.26. The molecule has 18 heavy (non-hydrogen) atoms. The number of carbonyl (C=O) groups is 2. The molecule has 2 heterocycles. The van der Waals surface area contributed by atoms with Gasteiger partial charge < -0.3 is 15.4 Å². The van der Waals surface area contributed by atoms with Crippen LogP contribution in [0, 0.1) is 0 Å². The molecule has 8 heteroatoms. The number of anilines is 1. The van der Waals surface area contributed by atoms with Gasteiger partial charge in [0, 0.05) is 23.1 Å². The van der Waals surface area contributed by atoms with Crippen molar-refractivity contribution < 1.29 is 14.7 Å². The van der Waals surface area contributed by atoms with Crippen molar-refractivity contribution in [1.82, 2.24) is 15.0 Å². The van der Waals surface area contributed by atoms with Crippen LogP contribution in [0.25, 0.3) is 0 Å². The maximum Gasteiger partial charge on any atom is 0.358 e. The summed E-state index contributed by atoms with van der Waals surface area (Å²) in [6, 6.07) is 1.56. The van der Waals surface area contributed by atoms with E-state index in [0.29, 0.717) is 4.47 Å². The Morgan fingerprint density at radius 1 is 1.33 bits per heavy atom. The molecule has 0 atom stereocenters. The lowest BCUT2D eigenvalue weighted by molar-refractivity contribution is 0.0691. The van der Waals surface area contributed by atoms with E-state index in [-0.39, 0.29) is 17.2 Å². The smallest absolute Gasteiger partial charge is 0.358 e. The highest BCUT2D eigenvalue weighted by Crippen LogP contribution is 2.13. The number of carboxylic acid groups (broad SMARTS) is 1. The summed E-state index contributed by atoms with van der Waals surface area (Å²) in [4.78, 5) is 32.8. The maximum atomic E-state index is 11.8. The summed E-state index contributed by atoms with van der Waals surface area (Å²) < 4.78 is 0.713. The largest absolute Gasteiger partial charge is 0.476 e. The Balaban J connectivity index is 2.24. The zero-order valence-electron chi connectivity index (χ0n) is 8.85. The first-order valence-corrected chi connectivity index (χ1v) is 5.57. The fourth-order valence-electron chi connectivity index (χ4n) is 1.26. The molecule has 1 amide bonds. The Morgan fingerprint density at radius 3 is 2.67 bits per heavy atom. The molecule has 0 unspecified atom stereocenters. The number of hydrogen-bond donors (Lipinski definition) is 3. The highest BCUT2D eigenvalue weighted by Gasteiger charge is 2.16. The molecule has 0 spiro atoms. The van der Waals surface area contributed by atoms with Gasteiger partial charge in [-0.3, -0.25) is 4.79 Å². The van der Waals surface area contributed by atoms with Crippen LogP contribution in [0.2, 0.25) is 0 Å². The first-order valence-electron chi connectivity index (χ1n) is 4.77. The first kappa shape index (κ1) is 12.2. The Kier molecular flexibility index (Phi) is 3.38. The second-order valence-electron chi connectivity index (χ2n) is 3.24. The summed E-state index contributed by atoms with van der Waals surface area (Å²) in [6.07, 6.45) is 4.13. The lowest BCUT2D eigenvalue weighted by atomic mass is 10.3. The van der Waals surface area contributed by atoms with Gasteiger partial charge in [-0.1, -0.05) is 0 Å². The molecule has 0 aliphatic rings. The molecule has 0 aromatic carbocycles. The van der Waals surface area contributed by atoms with Crippen molar-refractivity contribution in [2.45, 2.75) is 0 Å². The van der Waals surface area contributed by atoms with Crippen LogP contribution >= 0.6 is 15.9 Å². The average molecular weight is 311 g/mol. The van der Waals surface area contributed by atoms with Crippen LogP contribution in [0.3, 0.4) is 0 Å². The molecule has 0 fully saturated rings. The number of aromatic nitrogens is 3. The second kappa shape index (κ2) is 4.96. The third kappa shape index (κ3) is 2.54.